The van der Waals surface area contributed by atoms with E-state index in [4.69, 9.17) is 6.42 Å². The first-order valence-electron chi connectivity index (χ1n) is 3.43. The average molecular weight is 198 g/mol. The molecule has 0 saturated carbocycles. The Labute approximate surface area is 79.0 Å². The lowest BCUT2D eigenvalue weighted by molar-refractivity contribution is 0.548. The van der Waals surface area contributed by atoms with Gasteiger partial charge in [-0.15, -0.1) is 18.2 Å². The number of halogens is 1. The molecule has 13 heavy (non-hydrogen) atoms. The van der Waals surface area contributed by atoms with Crippen LogP contribution in [0.5, 0.6) is 0 Å². The molecule has 0 aromatic carbocycles. The second-order valence-electron chi connectivity index (χ2n) is 2.21. The van der Waals surface area contributed by atoms with E-state index in [-0.39, 0.29) is 11.6 Å². The fraction of sp³-hybridized carbons (Fsp3) is 0.250. The van der Waals surface area contributed by atoms with E-state index in [2.05, 4.69) is 10.9 Å². The van der Waals surface area contributed by atoms with Gasteiger partial charge in [0.25, 0.3) is 0 Å². The lowest BCUT2D eigenvalue weighted by Gasteiger charge is -2.01. The second-order valence-corrected chi connectivity index (χ2v) is 3.01. The predicted molar refractivity (Wildman–Crippen MR) is 49.1 cm³/mol. The Morgan fingerprint density at radius 3 is 3.08 bits per heavy atom. The number of hydrogen-bond donors (Lipinski definition) is 0. The molecule has 0 amide bonds. The van der Waals surface area contributed by atoms with Gasteiger partial charge < -0.3 is 0 Å². The summed E-state index contributed by atoms with van der Waals surface area (Å²) in [5.74, 6) is 1.71. The molecule has 1 heterocycles. The van der Waals surface area contributed by atoms with Crippen LogP contribution >= 0.6 is 11.8 Å². The van der Waals surface area contributed by atoms with Crippen LogP contribution in [0.2, 0.25) is 0 Å². The third-order valence-corrected chi connectivity index (χ3v) is 2.04. The molecule has 0 fully saturated rings. The van der Waals surface area contributed by atoms with E-state index in [9.17, 15) is 9.18 Å². The molecule has 0 bridgehead atoms. The largest absolute Gasteiger partial charge is 0.349 e. The van der Waals surface area contributed by atoms with E-state index >= 15 is 0 Å². The molecule has 0 aliphatic heterocycles. The normalized spacial score (nSPS) is 9.62. The highest BCUT2D eigenvalue weighted by Crippen LogP contribution is 2.12. The van der Waals surface area contributed by atoms with Crippen molar-refractivity contribution < 1.29 is 4.39 Å². The summed E-state index contributed by atoms with van der Waals surface area (Å²) < 4.78 is 14.1. The van der Waals surface area contributed by atoms with Gasteiger partial charge in [0.1, 0.15) is 5.03 Å². The van der Waals surface area contributed by atoms with Crippen LogP contribution in [-0.4, -0.2) is 15.8 Å². The molecule has 0 saturated heterocycles. The summed E-state index contributed by atoms with van der Waals surface area (Å²) in [7, 11) is 0. The molecule has 3 nitrogen and oxygen atoms in total. The van der Waals surface area contributed by atoms with Crippen LogP contribution in [0.3, 0.4) is 0 Å². The first kappa shape index (κ1) is 9.81. The van der Waals surface area contributed by atoms with E-state index in [1.165, 1.54) is 0 Å². The van der Waals surface area contributed by atoms with Crippen molar-refractivity contribution >= 4 is 11.8 Å². The number of rotatable bonds is 2. The van der Waals surface area contributed by atoms with Crippen molar-refractivity contribution in [2.75, 3.05) is 6.26 Å². The second kappa shape index (κ2) is 4.10. The van der Waals surface area contributed by atoms with Gasteiger partial charge in [0.05, 0.1) is 6.54 Å². The maximum Gasteiger partial charge on any atom is 0.349 e. The highest BCUT2D eigenvalue weighted by atomic mass is 32.2. The van der Waals surface area contributed by atoms with Crippen LogP contribution in [0.1, 0.15) is 0 Å². The van der Waals surface area contributed by atoms with Crippen LogP contribution in [0.4, 0.5) is 4.39 Å². The highest BCUT2D eigenvalue weighted by molar-refractivity contribution is 7.98. The molecular formula is C8H7FN2OS. The summed E-state index contributed by atoms with van der Waals surface area (Å²) >= 11 is 1.09. The van der Waals surface area contributed by atoms with E-state index in [0.29, 0.717) is 0 Å². The summed E-state index contributed by atoms with van der Waals surface area (Å²) in [5, 5.41) is 0.0956. The van der Waals surface area contributed by atoms with E-state index in [1.54, 1.807) is 6.26 Å². The van der Waals surface area contributed by atoms with Crippen molar-refractivity contribution in [1.29, 1.82) is 0 Å². The van der Waals surface area contributed by atoms with Gasteiger partial charge in [-0.2, -0.15) is 4.98 Å². The van der Waals surface area contributed by atoms with Crippen LogP contribution in [0.15, 0.2) is 16.0 Å². The van der Waals surface area contributed by atoms with Gasteiger partial charge in [0, 0.05) is 6.20 Å². The predicted octanol–water partition coefficient (Wildman–Crippen LogP) is 0.737. The molecule has 68 valence electrons. The maximum atomic E-state index is 13.0. The standard InChI is InChI=1S/C8H7FN2OS/c1-3-4-11-5-6(9)7(13-2)10-8(11)12/h1,5H,4H2,2H3. The molecule has 5 heteroatoms. The van der Waals surface area contributed by atoms with Crippen LogP contribution in [0.25, 0.3) is 0 Å². The summed E-state index contributed by atoms with van der Waals surface area (Å²) in [6, 6.07) is 0. The van der Waals surface area contributed by atoms with Crippen molar-refractivity contribution in [1.82, 2.24) is 9.55 Å². The van der Waals surface area contributed by atoms with Gasteiger partial charge in [0.2, 0.25) is 0 Å². The molecule has 0 N–H and O–H groups in total. The number of thioether (sulfide) groups is 1. The number of terminal acetylenes is 1. The molecule has 0 aliphatic rings. The fourth-order valence-electron chi connectivity index (χ4n) is 0.807. The van der Waals surface area contributed by atoms with Gasteiger partial charge in [-0.3, -0.25) is 4.57 Å². The Hall–Kier alpha value is -1.28. The lowest BCUT2D eigenvalue weighted by Crippen LogP contribution is -2.23. The van der Waals surface area contributed by atoms with Crippen LogP contribution < -0.4 is 5.69 Å². The monoisotopic (exact) mass is 198 g/mol. The first-order chi connectivity index (χ1) is 6.19. The zero-order valence-electron chi connectivity index (χ0n) is 6.95. The van der Waals surface area contributed by atoms with E-state index in [1.807, 2.05) is 0 Å². The SMILES string of the molecule is C#CCn1cc(F)c(SC)nc1=O. The molecule has 0 unspecified atom stereocenters. The molecule has 0 radical (unpaired) electrons. The van der Waals surface area contributed by atoms with E-state index in [0.717, 1.165) is 22.5 Å². The Bertz CT molecular complexity index is 408. The third-order valence-electron chi connectivity index (χ3n) is 1.37. The zero-order valence-corrected chi connectivity index (χ0v) is 7.77. The first-order valence-corrected chi connectivity index (χ1v) is 4.66. The molecule has 1 aromatic rings. The van der Waals surface area contributed by atoms with Crippen molar-refractivity contribution in [2.24, 2.45) is 0 Å². The summed E-state index contributed by atoms with van der Waals surface area (Å²) in [5.41, 5.74) is -0.524. The molecule has 1 aromatic heterocycles. The molecule has 0 aliphatic carbocycles. The minimum atomic E-state index is -0.526. The minimum Gasteiger partial charge on any atom is -0.285 e. The van der Waals surface area contributed by atoms with Gasteiger partial charge in [-0.05, 0) is 6.26 Å². The quantitative estimate of drug-likeness (QED) is 0.399. The van der Waals surface area contributed by atoms with Crippen LogP contribution in [-0.2, 0) is 6.54 Å². The van der Waals surface area contributed by atoms with Gasteiger partial charge in [0.15, 0.2) is 5.82 Å². The molecule has 0 spiro atoms. The maximum absolute atomic E-state index is 13.0. The Morgan fingerprint density at radius 2 is 2.54 bits per heavy atom. The third kappa shape index (κ3) is 2.10. The van der Waals surface area contributed by atoms with Crippen molar-refractivity contribution in [2.45, 2.75) is 11.6 Å². The topological polar surface area (TPSA) is 34.9 Å². The smallest absolute Gasteiger partial charge is 0.285 e. The zero-order chi connectivity index (χ0) is 9.84. The molecule has 1 rings (SSSR count). The minimum absolute atomic E-state index is 0.0391. The summed E-state index contributed by atoms with van der Waals surface area (Å²) in [4.78, 5) is 14.6. The van der Waals surface area contributed by atoms with Gasteiger partial charge >= 0.3 is 5.69 Å². The lowest BCUT2D eigenvalue weighted by atomic mass is 10.5. The van der Waals surface area contributed by atoms with Crippen LogP contribution in [0, 0.1) is 18.2 Å². The van der Waals surface area contributed by atoms with Crippen molar-refractivity contribution in [3.63, 3.8) is 0 Å². The number of nitrogens with zero attached hydrogens (tertiary/aromatic N) is 2. The Balaban J connectivity index is 3.22. The van der Waals surface area contributed by atoms with Crippen molar-refractivity contribution in [3.05, 3.63) is 22.5 Å². The molecular weight excluding hydrogens is 191 g/mol. The number of hydrogen-bond acceptors (Lipinski definition) is 3. The number of aromatic nitrogens is 2. The van der Waals surface area contributed by atoms with Gasteiger partial charge in [-0.1, -0.05) is 5.92 Å². The van der Waals surface area contributed by atoms with E-state index < -0.39 is 11.5 Å². The Morgan fingerprint density at radius 1 is 1.85 bits per heavy atom. The average Bonchev–Trinajstić information content (AvgIpc) is 2.11. The van der Waals surface area contributed by atoms with Crippen molar-refractivity contribution in [3.8, 4) is 12.3 Å². The molecule has 0 atom stereocenters. The highest BCUT2D eigenvalue weighted by Gasteiger charge is 2.05. The summed E-state index contributed by atoms with van der Waals surface area (Å²) in [6.07, 6.45) is 7.70. The summed E-state index contributed by atoms with van der Waals surface area (Å²) in [6.45, 7) is 0.0391. The van der Waals surface area contributed by atoms with Gasteiger partial charge in [-0.25, -0.2) is 9.18 Å². The fourth-order valence-corrected chi connectivity index (χ4v) is 1.22. The Kier molecular flexibility index (Phi) is 3.09.